The molecule has 0 radical (unpaired) electrons. The molecule has 3 aliphatic rings. The summed E-state index contributed by atoms with van der Waals surface area (Å²) in [4.78, 5) is 57.6. The molecule has 7 rings (SSSR count). The number of ketones is 2. The van der Waals surface area contributed by atoms with Crippen molar-refractivity contribution in [3.05, 3.63) is 131 Å². The molecule has 8 heteroatoms. The molecular weight excluding hydrogens is 556 g/mol. The highest BCUT2D eigenvalue weighted by Gasteiger charge is 2.70. The van der Waals surface area contributed by atoms with Crippen LogP contribution < -0.4 is 14.8 Å². The van der Waals surface area contributed by atoms with Crippen LogP contribution >= 0.6 is 0 Å². The maximum Gasteiger partial charge on any atom is 0.308 e. The van der Waals surface area contributed by atoms with Gasteiger partial charge in [-0.05, 0) is 65.2 Å². The van der Waals surface area contributed by atoms with Gasteiger partial charge in [-0.15, -0.1) is 0 Å². The second-order valence-electron chi connectivity index (χ2n) is 11.1. The Labute approximate surface area is 253 Å². The van der Waals surface area contributed by atoms with Crippen LogP contribution in [0.1, 0.15) is 50.4 Å². The second-order valence-corrected chi connectivity index (χ2v) is 11.1. The first kappa shape index (κ1) is 27.3. The third-order valence-corrected chi connectivity index (χ3v) is 8.89. The van der Waals surface area contributed by atoms with Crippen molar-refractivity contribution in [3.63, 3.8) is 0 Å². The van der Waals surface area contributed by atoms with Crippen molar-refractivity contribution < 1.29 is 28.7 Å². The summed E-state index contributed by atoms with van der Waals surface area (Å²) in [6.07, 6.45) is 3.74. The predicted molar refractivity (Wildman–Crippen MR) is 163 cm³/mol. The molecule has 1 spiro atoms. The maximum absolute atomic E-state index is 15.0. The fourth-order valence-corrected chi connectivity index (χ4v) is 7.21. The Morgan fingerprint density at radius 3 is 2.32 bits per heavy atom. The SMILES string of the molecule is COc1ccccc1C(=O)C1C(C(=O)c2ccc(OC(C)=O)cc2)N2C=Cc3ccccc3C2C12C(=O)Nc1ccccc12. The van der Waals surface area contributed by atoms with Crippen LogP contribution in [-0.4, -0.2) is 41.5 Å². The summed E-state index contributed by atoms with van der Waals surface area (Å²) in [5.41, 5.74) is 2.19. The minimum Gasteiger partial charge on any atom is -0.496 e. The van der Waals surface area contributed by atoms with Gasteiger partial charge in [-0.1, -0.05) is 54.6 Å². The summed E-state index contributed by atoms with van der Waals surface area (Å²) >= 11 is 0. The Hall–Kier alpha value is -5.50. The molecule has 3 heterocycles. The summed E-state index contributed by atoms with van der Waals surface area (Å²) in [6.45, 7) is 1.30. The van der Waals surface area contributed by atoms with Crippen LogP contribution in [0, 0.1) is 5.92 Å². The lowest BCUT2D eigenvalue weighted by Crippen LogP contribution is -2.49. The number of carbonyl (C=O) groups excluding carboxylic acids is 4. The lowest BCUT2D eigenvalue weighted by molar-refractivity contribution is -0.131. The maximum atomic E-state index is 15.0. The van der Waals surface area contributed by atoms with Crippen LogP contribution in [0.25, 0.3) is 6.08 Å². The van der Waals surface area contributed by atoms with Crippen molar-refractivity contribution in [1.82, 2.24) is 4.90 Å². The Morgan fingerprint density at radius 1 is 0.841 bits per heavy atom. The number of nitrogens with one attached hydrogen (secondary N) is 1. The largest absolute Gasteiger partial charge is 0.496 e. The van der Waals surface area contributed by atoms with Gasteiger partial charge in [0.1, 0.15) is 23.0 Å². The van der Waals surface area contributed by atoms with Crippen LogP contribution in [0.3, 0.4) is 0 Å². The first-order valence-corrected chi connectivity index (χ1v) is 14.3. The summed E-state index contributed by atoms with van der Waals surface area (Å²) in [6, 6.07) is 26.6. The van der Waals surface area contributed by atoms with E-state index in [1.807, 2.05) is 65.7 Å². The molecule has 3 aliphatic heterocycles. The number of anilines is 1. The van der Waals surface area contributed by atoms with Gasteiger partial charge >= 0.3 is 5.97 Å². The number of carbonyl (C=O) groups is 4. The number of hydrogen-bond acceptors (Lipinski definition) is 7. The van der Waals surface area contributed by atoms with Gasteiger partial charge in [-0.2, -0.15) is 0 Å². The third kappa shape index (κ3) is 3.91. The lowest BCUT2D eigenvalue weighted by Gasteiger charge is -2.38. The molecule has 1 N–H and O–H groups in total. The number of methoxy groups -OCH3 is 1. The van der Waals surface area contributed by atoms with Crippen LogP contribution in [-0.2, 0) is 15.0 Å². The van der Waals surface area contributed by atoms with E-state index in [4.69, 9.17) is 9.47 Å². The number of amides is 1. The zero-order chi connectivity index (χ0) is 30.6. The molecule has 218 valence electrons. The lowest BCUT2D eigenvalue weighted by atomic mass is 9.62. The molecule has 4 aromatic rings. The standard InChI is InChI=1S/C36H28N2O6/c1-21(39)44-24-17-15-23(16-18-24)32(40)31-30(33(41)26-11-5-8-14-29(26)43-2)36(27-12-6-7-13-28(27)37-35(36)42)34-25-10-4-3-9-22(25)19-20-38(31)34/h3-20,30-31,34H,1-2H3,(H,37,42). The second kappa shape index (κ2) is 10.3. The molecule has 0 saturated carbocycles. The van der Waals surface area contributed by atoms with Crippen LogP contribution in [0.5, 0.6) is 11.5 Å². The van der Waals surface area contributed by atoms with Gasteiger partial charge in [0.05, 0.1) is 24.6 Å². The molecule has 0 aromatic heterocycles. The topological polar surface area (TPSA) is 102 Å². The fourth-order valence-electron chi connectivity index (χ4n) is 7.21. The molecule has 1 saturated heterocycles. The Bertz CT molecular complexity index is 1880. The molecule has 44 heavy (non-hydrogen) atoms. The number of Topliss-reactive ketones (excluding diaryl/α,β-unsaturated/α-hetero) is 2. The third-order valence-electron chi connectivity index (χ3n) is 8.89. The zero-order valence-electron chi connectivity index (χ0n) is 24.0. The first-order valence-electron chi connectivity index (χ1n) is 14.3. The molecule has 1 fully saturated rings. The average Bonchev–Trinajstić information content (AvgIpc) is 3.52. The molecule has 4 atom stereocenters. The number of hydrogen-bond donors (Lipinski definition) is 1. The van der Waals surface area contributed by atoms with E-state index in [2.05, 4.69) is 5.32 Å². The number of benzene rings is 4. The molecular formula is C36H28N2O6. The summed E-state index contributed by atoms with van der Waals surface area (Å²) in [5.74, 6) is -2.00. The van der Waals surface area contributed by atoms with Crippen LogP contribution in [0.2, 0.25) is 0 Å². The van der Waals surface area contributed by atoms with Gasteiger partial charge in [0.25, 0.3) is 0 Å². The van der Waals surface area contributed by atoms with E-state index in [0.29, 0.717) is 28.3 Å². The molecule has 0 bridgehead atoms. The summed E-state index contributed by atoms with van der Waals surface area (Å²) in [7, 11) is 1.49. The quantitative estimate of drug-likeness (QED) is 0.179. The monoisotopic (exact) mass is 584 g/mol. The first-order chi connectivity index (χ1) is 21.4. The van der Waals surface area contributed by atoms with Gasteiger partial charge in [-0.25, -0.2) is 0 Å². The normalized spacial score (nSPS) is 22.5. The van der Waals surface area contributed by atoms with Crippen molar-refractivity contribution in [3.8, 4) is 11.5 Å². The van der Waals surface area contributed by atoms with E-state index >= 15 is 0 Å². The van der Waals surface area contributed by atoms with Crippen LogP contribution in [0.4, 0.5) is 5.69 Å². The van der Waals surface area contributed by atoms with Gasteiger partial charge in [0, 0.05) is 24.4 Å². The molecule has 0 aliphatic carbocycles. The molecule has 8 nitrogen and oxygen atoms in total. The number of para-hydroxylation sites is 2. The Kier molecular flexibility index (Phi) is 6.43. The summed E-state index contributed by atoms with van der Waals surface area (Å²) < 4.78 is 10.8. The van der Waals surface area contributed by atoms with E-state index in [0.717, 1.165) is 11.1 Å². The van der Waals surface area contributed by atoms with Crippen molar-refractivity contribution >= 4 is 35.2 Å². The predicted octanol–water partition coefficient (Wildman–Crippen LogP) is 5.60. The van der Waals surface area contributed by atoms with E-state index in [1.54, 1.807) is 48.5 Å². The highest BCUT2D eigenvalue weighted by Crippen LogP contribution is 2.62. The van der Waals surface area contributed by atoms with Crippen molar-refractivity contribution in [2.24, 2.45) is 5.92 Å². The highest BCUT2D eigenvalue weighted by atomic mass is 16.5. The average molecular weight is 585 g/mol. The minimum atomic E-state index is -1.45. The van der Waals surface area contributed by atoms with Gasteiger partial charge in [-0.3, -0.25) is 19.2 Å². The fraction of sp³-hybridized carbons (Fsp3) is 0.167. The van der Waals surface area contributed by atoms with E-state index in [1.165, 1.54) is 14.0 Å². The smallest absolute Gasteiger partial charge is 0.308 e. The van der Waals surface area contributed by atoms with Crippen molar-refractivity contribution in [2.45, 2.75) is 24.4 Å². The number of fused-ring (bicyclic) bond motifs is 6. The number of nitrogens with zero attached hydrogens (tertiary/aromatic N) is 1. The highest BCUT2D eigenvalue weighted by molar-refractivity contribution is 6.17. The van der Waals surface area contributed by atoms with E-state index in [9.17, 15) is 19.2 Å². The van der Waals surface area contributed by atoms with E-state index in [-0.39, 0.29) is 23.0 Å². The molecule has 4 unspecified atom stereocenters. The van der Waals surface area contributed by atoms with Gasteiger partial charge in [0.15, 0.2) is 11.6 Å². The van der Waals surface area contributed by atoms with Gasteiger partial charge in [0.2, 0.25) is 5.91 Å². The van der Waals surface area contributed by atoms with Crippen LogP contribution in [0.15, 0.2) is 103 Å². The number of rotatable bonds is 6. The molecule has 4 aromatic carbocycles. The molecule has 1 amide bonds. The Morgan fingerprint density at radius 2 is 1.55 bits per heavy atom. The van der Waals surface area contributed by atoms with Crippen molar-refractivity contribution in [2.75, 3.05) is 12.4 Å². The van der Waals surface area contributed by atoms with Gasteiger partial charge < -0.3 is 19.7 Å². The van der Waals surface area contributed by atoms with Crippen molar-refractivity contribution in [1.29, 1.82) is 0 Å². The zero-order valence-corrected chi connectivity index (χ0v) is 24.0. The Balaban J connectivity index is 1.49. The van der Waals surface area contributed by atoms with E-state index < -0.39 is 29.4 Å². The minimum absolute atomic E-state index is 0.289. The number of esters is 1. The number of ether oxygens (including phenoxy) is 2. The summed E-state index contributed by atoms with van der Waals surface area (Å²) in [5, 5.41) is 3.05.